The van der Waals surface area contributed by atoms with E-state index in [1.807, 2.05) is 0 Å². The number of halogens is 1. The molecule has 2 heterocycles. The van der Waals surface area contributed by atoms with Crippen LogP contribution in [0.3, 0.4) is 0 Å². The zero-order chi connectivity index (χ0) is 10.7. The largest absolute Gasteiger partial charge is 0.368 e. The number of nitrogen functional groups attached to an aromatic ring is 1. The number of H-pyrrole nitrogens is 1. The van der Waals surface area contributed by atoms with Crippen LogP contribution in [0.25, 0.3) is 0 Å². The van der Waals surface area contributed by atoms with E-state index in [0.29, 0.717) is 17.5 Å². The van der Waals surface area contributed by atoms with E-state index in [4.69, 9.17) is 17.3 Å². The maximum Gasteiger partial charge on any atom is 0.223 e. The second-order valence-electron chi connectivity index (χ2n) is 2.82. The summed E-state index contributed by atoms with van der Waals surface area (Å²) in [5.74, 6) is 1.52. The molecule has 0 saturated heterocycles. The van der Waals surface area contributed by atoms with E-state index in [-0.39, 0.29) is 5.95 Å². The van der Waals surface area contributed by atoms with Gasteiger partial charge in [-0.2, -0.15) is 4.98 Å². The highest BCUT2D eigenvalue weighted by Crippen LogP contribution is 2.12. The summed E-state index contributed by atoms with van der Waals surface area (Å²) in [6.45, 7) is 0.528. The van der Waals surface area contributed by atoms with Crippen LogP contribution in [0.4, 0.5) is 11.8 Å². The Hall–Kier alpha value is -1.82. The Labute approximate surface area is 90.9 Å². The van der Waals surface area contributed by atoms with Crippen molar-refractivity contribution in [2.45, 2.75) is 6.54 Å². The normalized spacial score (nSPS) is 10.2. The number of nitrogens with two attached hydrogens (primary N) is 1. The van der Waals surface area contributed by atoms with Gasteiger partial charge in [0.25, 0.3) is 0 Å². The van der Waals surface area contributed by atoms with E-state index in [0.717, 1.165) is 5.82 Å². The molecule has 0 fully saturated rings. The van der Waals surface area contributed by atoms with Crippen molar-refractivity contribution in [1.29, 1.82) is 0 Å². The van der Waals surface area contributed by atoms with Crippen molar-refractivity contribution < 1.29 is 0 Å². The molecule has 0 aliphatic rings. The first kappa shape index (κ1) is 9.72. The van der Waals surface area contributed by atoms with Gasteiger partial charge in [0.15, 0.2) is 0 Å². The van der Waals surface area contributed by atoms with E-state index in [1.54, 1.807) is 18.5 Å². The topological polar surface area (TPSA) is 92.5 Å². The first-order valence-electron chi connectivity index (χ1n) is 4.26. The van der Waals surface area contributed by atoms with Crippen LogP contribution in [0.15, 0.2) is 18.5 Å². The summed E-state index contributed by atoms with van der Waals surface area (Å²) >= 11 is 5.72. The highest BCUT2D eigenvalue weighted by molar-refractivity contribution is 6.29. The molecular weight excluding hydrogens is 216 g/mol. The number of anilines is 2. The molecular formula is C8H9ClN6. The van der Waals surface area contributed by atoms with Crippen LogP contribution in [0, 0.1) is 0 Å². The maximum absolute atomic E-state index is 5.72. The molecule has 2 rings (SSSR count). The summed E-state index contributed by atoms with van der Waals surface area (Å²) in [7, 11) is 0. The van der Waals surface area contributed by atoms with Gasteiger partial charge in [0, 0.05) is 18.5 Å². The molecule has 0 amide bonds. The lowest BCUT2D eigenvalue weighted by molar-refractivity contribution is 0.984. The quantitative estimate of drug-likeness (QED) is 0.678. The highest BCUT2D eigenvalue weighted by Gasteiger charge is 2.00. The first-order valence-corrected chi connectivity index (χ1v) is 4.64. The third-order valence-corrected chi connectivity index (χ3v) is 1.90. The molecule has 4 N–H and O–H groups in total. The molecule has 2 aromatic heterocycles. The van der Waals surface area contributed by atoms with Gasteiger partial charge in [0.1, 0.15) is 16.8 Å². The highest BCUT2D eigenvalue weighted by atomic mass is 35.5. The van der Waals surface area contributed by atoms with Crippen molar-refractivity contribution in [3.63, 3.8) is 0 Å². The molecule has 7 heteroatoms. The van der Waals surface area contributed by atoms with Crippen molar-refractivity contribution in [2.24, 2.45) is 0 Å². The predicted octanol–water partition coefficient (Wildman–Crippen LogP) is 1.05. The lowest BCUT2D eigenvalue weighted by Crippen LogP contribution is -2.05. The molecule has 0 aliphatic heterocycles. The van der Waals surface area contributed by atoms with Crippen LogP contribution in [-0.2, 0) is 6.54 Å². The number of nitrogens with one attached hydrogen (secondary N) is 2. The minimum Gasteiger partial charge on any atom is -0.368 e. The minimum absolute atomic E-state index is 0.143. The van der Waals surface area contributed by atoms with E-state index < -0.39 is 0 Å². The van der Waals surface area contributed by atoms with Crippen LogP contribution in [0.1, 0.15) is 5.82 Å². The van der Waals surface area contributed by atoms with Crippen molar-refractivity contribution in [3.05, 3.63) is 29.4 Å². The predicted molar refractivity (Wildman–Crippen MR) is 57.4 cm³/mol. The fourth-order valence-electron chi connectivity index (χ4n) is 1.09. The van der Waals surface area contributed by atoms with Crippen LogP contribution >= 0.6 is 11.6 Å². The SMILES string of the molecule is Nc1nc(Cl)cc(NCc2ncc[nH]2)n1. The molecule has 78 valence electrons. The Morgan fingerprint density at radius 2 is 2.33 bits per heavy atom. The van der Waals surface area contributed by atoms with Gasteiger partial charge >= 0.3 is 0 Å². The number of aromatic nitrogens is 4. The molecule has 0 spiro atoms. The lowest BCUT2D eigenvalue weighted by Gasteiger charge is -2.04. The molecule has 0 aliphatic carbocycles. The molecule has 2 aromatic rings. The molecule has 0 saturated carbocycles. The second-order valence-corrected chi connectivity index (χ2v) is 3.21. The number of rotatable bonds is 3. The summed E-state index contributed by atoms with van der Waals surface area (Å²) in [6, 6.07) is 1.60. The van der Waals surface area contributed by atoms with Gasteiger partial charge in [-0.25, -0.2) is 9.97 Å². The number of hydrogen-bond donors (Lipinski definition) is 3. The third kappa shape index (κ3) is 2.57. The molecule has 0 bridgehead atoms. The van der Waals surface area contributed by atoms with Gasteiger partial charge in [-0.1, -0.05) is 11.6 Å². The Kier molecular flexibility index (Phi) is 2.68. The number of imidazole rings is 1. The summed E-state index contributed by atoms with van der Waals surface area (Å²) in [5.41, 5.74) is 5.44. The molecule has 15 heavy (non-hydrogen) atoms. The zero-order valence-corrected chi connectivity index (χ0v) is 8.49. The van der Waals surface area contributed by atoms with Crippen molar-refractivity contribution in [3.8, 4) is 0 Å². The monoisotopic (exact) mass is 224 g/mol. The van der Waals surface area contributed by atoms with Crippen molar-refractivity contribution >= 4 is 23.4 Å². The Morgan fingerprint density at radius 1 is 1.47 bits per heavy atom. The number of nitrogens with zero attached hydrogens (tertiary/aromatic N) is 3. The minimum atomic E-state index is 0.143. The summed E-state index contributed by atoms with van der Waals surface area (Å²) in [6.07, 6.45) is 3.43. The van der Waals surface area contributed by atoms with E-state index in [9.17, 15) is 0 Å². The van der Waals surface area contributed by atoms with Gasteiger partial charge in [-0.05, 0) is 0 Å². The Bertz CT molecular complexity index is 420. The van der Waals surface area contributed by atoms with E-state index in [2.05, 4.69) is 25.3 Å². The van der Waals surface area contributed by atoms with Crippen LogP contribution in [0.5, 0.6) is 0 Å². The maximum atomic E-state index is 5.72. The summed E-state index contributed by atoms with van der Waals surface area (Å²) in [4.78, 5) is 14.7. The van der Waals surface area contributed by atoms with Gasteiger partial charge in [-0.15, -0.1) is 0 Å². The van der Waals surface area contributed by atoms with Gasteiger partial charge < -0.3 is 16.0 Å². The zero-order valence-electron chi connectivity index (χ0n) is 7.74. The molecule has 0 aromatic carbocycles. The fraction of sp³-hybridized carbons (Fsp3) is 0.125. The lowest BCUT2D eigenvalue weighted by atomic mass is 10.5. The van der Waals surface area contributed by atoms with Crippen LogP contribution in [0.2, 0.25) is 5.15 Å². The fourth-order valence-corrected chi connectivity index (χ4v) is 1.28. The van der Waals surface area contributed by atoms with Crippen molar-refractivity contribution in [1.82, 2.24) is 19.9 Å². The summed E-state index contributed by atoms with van der Waals surface area (Å²) in [5, 5.41) is 3.33. The second kappa shape index (κ2) is 4.14. The number of aromatic amines is 1. The smallest absolute Gasteiger partial charge is 0.223 e. The molecule has 0 radical (unpaired) electrons. The molecule has 6 nitrogen and oxygen atoms in total. The number of hydrogen-bond acceptors (Lipinski definition) is 5. The Morgan fingerprint density at radius 3 is 3.00 bits per heavy atom. The van der Waals surface area contributed by atoms with Crippen LogP contribution < -0.4 is 11.1 Å². The molecule has 0 atom stereocenters. The van der Waals surface area contributed by atoms with Gasteiger partial charge in [0.05, 0.1) is 6.54 Å². The van der Waals surface area contributed by atoms with Crippen LogP contribution in [-0.4, -0.2) is 19.9 Å². The standard InChI is InChI=1S/C8H9ClN6/c9-5-3-6(15-8(10)14-5)13-4-7-11-1-2-12-7/h1-3H,4H2,(H,11,12)(H3,10,13,14,15). The first-order chi connectivity index (χ1) is 7.24. The Balaban J connectivity index is 2.05. The van der Waals surface area contributed by atoms with E-state index >= 15 is 0 Å². The van der Waals surface area contributed by atoms with Gasteiger partial charge in [-0.3, -0.25) is 0 Å². The average molecular weight is 225 g/mol. The summed E-state index contributed by atoms with van der Waals surface area (Å²) < 4.78 is 0. The van der Waals surface area contributed by atoms with Gasteiger partial charge in [0.2, 0.25) is 5.95 Å². The molecule has 0 unspecified atom stereocenters. The average Bonchev–Trinajstić information content (AvgIpc) is 2.65. The van der Waals surface area contributed by atoms with E-state index in [1.165, 1.54) is 0 Å². The third-order valence-electron chi connectivity index (χ3n) is 1.70. The van der Waals surface area contributed by atoms with Crippen molar-refractivity contribution in [2.75, 3.05) is 11.1 Å².